The molecule has 3 rings (SSSR count). The van der Waals surface area contributed by atoms with E-state index in [1.807, 2.05) is 60.9 Å². The quantitative estimate of drug-likeness (QED) is 0.348. The molecule has 0 unspecified atom stereocenters. The number of rotatable bonds is 7. The molecule has 0 aliphatic heterocycles. The Kier molecular flexibility index (Phi) is 5.75. The highest BCUT2D eigenvalue weighted by Crippen LogP contribution is 2.39. The number of nitro groups is 1. The molecular weight excluding hydrogens is 364 g/mol. The number of ether oxygens (including phenoxy) is 1. The Morgan fingerprint density at radius 2 is 1.96 bits per heavy atom. The molecule has 7 nitrogen and oxygen atoms in total. The van der Waals surface area contributed by atoms with Gasteiger partial charge in [-0.15, -0.1) is 10.2 Å². The minimum absolute atomic E-state index is 0.245. The van der Waals surface area contributed by atoms with E-state index in [1.165, 1.54) is 11.8 Å². The van der Waals surface area contributed by atoms with Gasteiger partial charge in [-0.3, -0.25) is 14.7 Å². The standard InChI is InChI=1S/C19H20N4O3S/c1-13-7-6-8-15(11-13)23-14(2)20-21-19(23)27-18(12-22(24)25)16-9-4-5-10-17(16)26-3/h4-11,18H,12H2,1-3H3/t18-/m0/s1. The van der Waals surface area contributed by atoms with Crippen LogP contribution in [0, 0.1) is 24.0 Å². The fraction of sp³-hybridized carbons (Fsp3) is 0.263. The Labute approximate surface area is 161 Å². The van der Waals surface area contributed by atoms with Crippen LogP contribution in [0.15, 0.2) is 53.7 Å². The molecule has 3 aromatic rings. The topological polar surface area (TPSA) is 83.1 Å². The summed E-state index contributed by atoms with van der Waals surface area (Å²) in [6.07, 6.45) is 0. The first-order valence-electron chi connectivity index (χ1n) is 8.40. The van der Waals surface area contributed by atoms with Gasteiger partial charge in [0.1, 0.15) is 16.8 Å². The average Bonchev–Trinajstić information content (AvgIpc) is 3.01. The van der Waals surface area contributed by atoms with Gasteiger partial charge < -0.3 is 4.74 Å². The van der Waals surface area contributed by atoms with E-state index in [2.05, 4.69) is 10.2 Å². The number of hydrogen-bond acceptors (Lipinski definition) is 6. The maximum atomic E-state index is 11.3. The lowest BCUT2D eigenvalue weighted by molar-refractivity contribution is -0.479. The first-order chi connectivity index (χ1) is 13.0. The monoisotopic (exact) mass is 384 g/mol. The van der Waals surface area contributed by atoms with Crippen molar-refractivity contribution in [3.05, 3.63) is 75.6 Å². The Morgan fingerprint density at radius 1 is 1.19 bits per heavy atom. The van der Waals surface area contributed by atoms with Crippen LogP contribution in [-0.2, 0) is 0 Å². The van der Waals surface area contributed by atoms with Gasteiger partial charge in [0.25, 0.3) is 0 Å². The van der Waals surface area contributed by atoms with E-state index in [-0.39, 0.29) is 11.5 Å². The van der Waals surface area contributed by atoms with E-state index < -0.39 is 5.25 Å². The molecule has 1 heterocycles. The highest BCUT2D eigenvalue weighted by Gasteiger charge is 2.26. The highest BCUT2D eigenvalue weighted by atomic mass is 32.2. The Balaban J connectivity index is 2.01. The molecule has 0 spiro atoms. The van der Waals surface area contributed by atoms with Crippen LogP contribution in [0.4, 0.5) is 0 Å². The summed E-state index contributed by atoms with van der Waals surface area (Å²) in [6.45, 7) is 3.64. The number of thioether (sulfide) groups is 1. The summed E-state index contributed by atoms with van der Waals surface area (Å²) in [4.78, 5) is 11.0. The zero-order valence-corrected chi connectivity index (χ0v) is 16.1. The zero-order chi connectivity index (χ0) is 19.4. The first-order valence-corrected chi connectivity index (χ1v) is 9.28. The van der Waals surface area contributed by atoms with Crippen LogP contribution in [0.1, 0.15) is 22.2 Å². The maximum absolute atomic E-state index is 11.3. The summed E-state index contributed by atoms with van der Waals surface area (Å²) in [7, 11) is 1.56. The van der Waals surface area contributed by atoms with Crippen molar-refractivity contribution in [2.45, 2.75) is 24.3 Å². The molecule has 2 aromatic carbocycles. The van der Waals surface area contributed by atoms with Crippen LogP contribution < -0.4 is 4.74 Å². The molecule has 0 aliphatic rings. The van der Waals surface area contributed by atoms with Gasteiger partial charge in [-0.25, -0.2) is 0 Å². The van der Waals surface area contributed by atoms with Gasteiger partial charge in [-0.2, -0.15) is 0 Å². The SMILES string of the molecule is COc1ccccc1[C@H](C[N+](=O)[O-])Sc1nnc(C)n1-c1cccc(C)c1. The first kappa shape index (κ1) is 18.9. The van der Waals surface area contributed by atoms with Gasteiger partial charge in [0.2, 0.25) is 6.54 Å². The van der Waals surface area contributed by atoms with Gasteiger partial charge >= 0.3 is 0 Å². The van der Waals surface area contributed by atoms with Gasteiger partial charge in [-0.05, 0) is 37.6 Å². The Hall–Kier alpha value is -2.87. The third kappa shape index (κ3) is 4.28. The molecule has 0 amide bonds. The van der Waals surface area contributed by atoms with Crippen molar-refractivity contribution in [2.24, 2.45) is 0 Å². The van der Waals surface area contributed by atoms with Crippen molar-refractivity contribution in [3.8, 4) is 11.4 Å². The predicted molar refractivity (Wildman–Crippen MR) is 104 cm³/mol. The number of benzene rings is 2. The summed E-state index contributed by atoms with van der Waals surface area (Å²) >= 11 is 1.32. The van der Waals surface area contributed by atoms with E-state index in [1.54, 1.807) is 13.2 Å². The summed E-state index contributed by atoms with van der Waals surface area (Å²) in [5.74, 6) is 1.35. The van der Waals surface area contributed by atoms with E-state index in [9.17, 15) is 10.1 Å². The molecule has 1 aromatic heterocycles. The minimum Gasteiger partial charge on any atom is -0.496 e. The molecule has 140 valence electrons. The number of para-hydroxylation sites is 1. The number of hydrogen-bond donors (Lipinski definition) is 0. The van der Waals surface area contributed by atoms with Crippen LogP contribution in [0.3, 0.4) is 0 Å². The second-order valence-corrected chi connectivity index (χ2v) is 7.24. The van der Waals surface area contributed by atoms with E-state index in [0.717, 1.165) is 22.6 Å². The molecule has 0 N–H and O–H groups in total. The van der Waals surface area contributed by atoms with Gasteiger partial charge in [0.05, 0.1) is 7.11 Å². The van der Waals surface area contributed by atoms with Crippen molar-refractivity contribution in [3.63, 3.8) is 0 Å². The van der Waals surface area contributed by atoms with Crippen molar-refractivity contribution in [1.82, 2.24) is 14.8 Å². The van der Waals surface area contributed by atoms with E-state index in [4.69, 9.17) is 4.74 Å². The number of methoxy groups -OCH3 is 1. The fourth-order valence-corrected chi connectivity index (χ4v) is 4.08. The third-order valence-corrected chi connectivity index (χ3v) is 5.27. The number of aryl methyl sites for hydroxylation is 2. The zero-order valence-electron chi connectivity index (χ0n) is 15.3. The third-order valence-electron chi connectivity index (χ3n) is 4.10. The van der Waals surface area contributed by atoms with E-state index in [0.29, 0.717) is 10.9 Å². The van der Waals surface area contributed by atoms with Crippen LogP contribution in [0.25, 0.3) is 5.69 Å². The smallest absolute Gasteiger partial charge is 0.220 e. The van der Waals surface area contributed by atoms with Gasteiger partial charge in [-0.1, -0.05) is 42.1 Å². The second kappa shape index (κ2) is 8.22. The molecule has 0 saturated heterocycles. The van der Waals surface area contributed by atoms with Crippen LogP contribution in [0.5, 0.6) is 5.75 Å². The molecule has 0 saturated carbocycles. The lowest BCUT2D eigenvalue weighted by atomic mass is 10.1. The minimum atomic E-state index is -0.455. The summed E-state index contributed by atoms with van der Waals surface area (Å²) in [5.41, 5.74) is 2.81. The van der Waals surface area contributed by atoms with E-state index >= 15 is 0 Å². The maximum Gasteiger partial charge on any atom is 0.220 e. The van der Waals surface area contributed by atoms with Crippen molar-refractivity contribution in [1.29, 1.82) is 0 Å². The Bertz CT molecular complexity index is 958. The highest BCUT2D eigenvalue weighted by molar-refractivity contribution is 7.99. The molecular formula is C19H20N4O3S. The fourth-order valence-electron chi connectivity index (χ4n) is 2.88. The lowest BCUT2D eigenvalue weighted by Gasteiger charge is -2.16. The molecule has 0 bridgehead atoms. The van der Waals surface area contributed by atoms with Crippen LogP contribution >= 0.6 is 11.8 Å². The molecule has 27 heavy (non-hydrogen) atoms. The molecule has 1 atom stereocenters. The molecule has 8 heteroatoms. The predicted octanol–water partition coefficient (Wildman–Crippen LogP) is 4.00. The molecule has 0 radical (unpaired) electrons. The van der Waals surface area contributed by atoms with Crippen molar-refractivity contribution in [2.75, 3.05) is 13.7 Å². The lowest BCUT2D eigenvalue weighted by Crippen LogP contribution is -2.12. The van der Waals surface area contributed by atoms with Crippen LogP contribution in [-0.4, -0.2) is 33.3 Å². The van der Waals surface area contributed by atoms with Crippen LogP contribution in [0.2, 0.25) is 0 Å². The molecule has 0 aliphatic carbocycles. The second-order valence-electron chi connectivity index (χ2n) is 6.07. The normalized spacial score (nSPS) is 12.0. The molecule has 0 fully saturated rings. The summed E-state index contributed by atoms with van der Waals surface area (Å²) in [6, 6.07) is 15.3. The number of aromatic nitrogens is 3. The largest absolute Gasteiger partial charge is 0.496 e. The summed E-state index contributed by atoms with van der Waals surface area (Å²) in [5, 5.41) is 19.9. The van der Waals surface area contributed by atoms with Gasteiger partial charge in [0.15, 0.2) is 5.16 Å². The summed E-state index contributed by atoms with van der Waals surface area (Å²) < 4.78 is 7.32. The number of nitrogens with zero attached hydrogens (tertiary/aromatic N) is 4. The van der Waals surface area contributed by atoms with Crippen molar-refractivity contribution < 1.29 is 9.66 Å². The Morgan fingerprint density at radius 3 is 2.67 bits per heavy atom. The van der Waals surface area contributed by atoms with Gasteiger partial charge in [0, 0.05) is 16.2 Å². The van der Waals surface area contributed by atoms with Crippen molar-refractivity contribution >= 4 is 11.8 Å². The average molecular weight is 384 g/mol.